The molecule has 0 atom stereocenters. The number of hydrogen-bond donors (Lipinski definition) is 1. The first-order valence-electron chi connectivity index (χ1n) is 8.34. The van der Waals surface area contributed by atoms with Crippen molar-refractivity contribution in [1.29, 1.82) is 0 Å². The third-order valence-corrected chi connectivity index (χ3v) is 3.43. The number of rotatable bonds is 9. The first-order chi connectivity index (χ1) is 12.6. The lowest BCUT2D eigenvalue weighted by atomic mass is 10.2. The van der Waals surface area contributed by atoms with Crippen molar-refractivity contribution in [2.24, 2.45) is 0 Å². The van der Waals surface area contributed by atoms with E-state index in [-0.39, 0.29) is 11.7 Å². The number of para-hydroxylation sites is 2. The summed E-state index contributed by atoms with van der Waals surface area (Å²) < 4.78 is 34.2. The van der Waals surface area contributed by atoms with Gasteiger partial charge in [0.1, 0.15) is 11.5 Å². The topological polar surface area (TPSA) is 47.6 Å². The highest BCUT2D eigenvalue weighted by Crippen LogP contribution is 2.24. The second-order valence-electron chi connectivity index (χ2n) is 5.47. The Kier molecular flexibility index (Phi) is 7.61. The van der Waals surface area contributed by atoms with Crippen LogP contribution in [0, 0.1) is 0 Å². The van der Waals surface area contributed by atoms with E-state index in [1.165, 1.54) is 18.2 Å². The molecule has 0 bridgehead atoms. The minimum Gasteiger partial charge on any atom is -0.491 e. The molecule has 2 aromatic carbocycles. The highest BCUT2D eigenvalue weighted by atomic mass is 19.3. The summed E-state index contributed by atoms with van der Waals surface area (Å²) in [6, 6.07) is 13.2. The molecule has 1 N–H and O–H groups in total. The fourth-order valence-corrected chi connectivity index (χ4v) is 2.13. The van der Waals surface area contributed by atoms with Crippen molar-refractivity contribution in [3.63, 3.8) is 0 Å². The van der Waals surface area contributed by atoms with E-state index in [1.54, 1.807) is 30.3 Å². The van der Waals surface area contributed by atoms with Crippen LogP contribution in [0.5, 0.6) is 11.5 Å². The molecule has 0 aliphatic carbocycles. The van der Waals surface area contributed by atoms with Gasteiger partial charge in [-0.25, -0.2) is 0 Å². The molecule has 0 spiro atoms. The molecule has 6 heteroatoms. The van der Waals surface area contributed by atoms with E-state index >= 15 is 0 Å². The van der Waals surface area contributed by atoms with E-state index < -0.39 is 6.61 Å². The maximum absolute atomic E-state index is 12.1. The molecule has 26 heavy (non-hydrogen) atoms. The quantitative estimate of drug-likeness (QED) is 0.498. The van der Waals surface area contributed by atoms with Crippen LogP contribution < -0.4 is 14.8 Å². The minimum absolute atomic E-state index is 0.0692. The molecule has 0 saturated carbocycles. The van der Waals surface area contributed by atoms with Crippen molar-refractivity contribution in [3.05, 3.63) is 60.2 Å². The zero-order valence-corrected chi connectivity index (χ0v) is 14.5. The first-order valence-corrected chi connectivity index (χ1v) is 8.34. The molecular formula is C20H21F2NO3. The third-order valence-electron chi connectivity index (χ3n) is 3.43. The number of halogens is 2. The molecule has 2 aromatic rings. The number of carbonyl (C=O) groups excluding carboxylic acids is 1. The van der Waals surface area contributed by atoms with Crippen LogP contribution in [-0.4, -0.2) is 19.1 Å². The van der Waals surface area contributed by atoms with Gasteiger partial charge in [-0.2, -0.15) is 8.78 Å². The number of anilines is 1. The lowest BCUT2D eigenvalue weighted by Crippen LogP contribution is -2.09. The normalized spacial score (nSPS) is 10.9. The van der Waals surface area contributed by atoms with Crippen LogP contribution in [0.25, 0.3) is 6.08 Å². The van der Waals surface area contributed by atoms with Gasteiger partial charge in [0.25, 0.3) is 0 Å². The average molecular weight is 361 g/mol. The van der Waals surface area contributed by atoms with Crippen molar-refractivity contribution < 1.29 is 23.0 Å². The fraction of sp³-hybridized carbons (Fsp3) is 0.250. The molecule has 138 valence electrons. The van der Waals surface area contributed by atoms with Crippen molar-refractivity contribution in [1.82, 2.24) is 0 Å². The molecule has 4 nitrogen and oxygen atoms in total. The number of alkyl halides is 2. The summed E-state index contributed by atoms with van der Waals surface area (Å²) in [5.74, 6) is 0.375. The van der Waals surface area contributed by atoms with Crippen LogP contribution in [0.15, 0.2) is 54.6 Å². The smallest absolute Gasteiger partial charge is 0.387 e. The molecule has 0 aromatic heterocycles. The average Bonchev–Trinajstić information content (AvgIpc) is 2.62. The highest BCUT2D eigenvalue weighted by molar-refractivity contribution is 6.02. The largest absolute Gasteiger partial charge is 0.491 e. The Morgan fingerprint density at radius 2 is 1.88 bits per heavy atom. The first kappa shape index (κ1) is 19.4. The lowest BCUT2D eigenvalue weighted by Gasteiger charge is -2.11. The minimum atomic E-state index is -2.86. The number of hydrogen-bond acceptors (Lipinski definition) is 3. The van der Waals surface area contributed by atoms with Gasteiger partial charge in [0.2, 0.25) is 5.91 Å². The van der Waals surface area contributed by atoms with Gasteiger partial charge >= 0.3 is 6.61 Å². The maximum Gasteiger partial charge on any atom is 0.387 e. The standard InChI is InChI=1S/C20H21F2NO3/c1-2-3-14-25-18-7-5-4-6-17(18)23-19(24)13-10-15-8-11-16(12-9-15)26-20(21)22/h4-13,20H,2-3,14H2,1H3,(H,23,24)/b13-10+. The van der Waals surface area contributed by atoms with Crippen molar-refractivity contribution in [2.75, 3.05) is 11.9 Å². The summed E-state index contributed by atoms with van der Waals surface area (Å²) in [6.07, 6.45) is 4.92. The molecule has 0 unspecified atom stereocenters. The molecule has 0 aliphatic heterocycles. The lowest BCUT2D eigenvalue weighted by molar-refractivity contribution is -0.111. The van der Waals surface area contributed by atoms with E-state index in [1.807, 2.05) is 12.1 Å². The van der Waals surface area contributed by atoms with Crippen LogP contribution in [-0.2, 0) is 4.79 Å². The molecule has 0 aliphatic rings. The SMILES string of the molecule is CCCCOc1ccccc1NC(=O)/C=C/c1ccc(OC(F)F)cc1. The molecular weight excluding hydrogens is 340 g/mol. The number of carbonyl (C=O) groups is 1. The van der Waals surface area contributed by atoms with Crippen LogP contribution in [0.2, 0.25) is 0 Å². The van der Waals surface area contributed by atoms with Gasteiger partial charge in [-0.15, -0.1) is 0 Å². The van der Waals surface area contributed by atoms with Crippen LogP contribution in [0.1, 0.15) is 25.3 Å². The Hall–Kier alpha value is -2.89. The van der Waals surface area contributed by atoms with Crippen LogP contribution in [0.3, 0.4) is 0 Å². The molecule has 2 rings (SSSR count). The molecule has 0 radical (unpaired) electrons. The second-order valence-corrected chi connectivity index (χ2v) is 5.47. The number of benzene rings is 2. The van der Waals surface area contributed by atoms with Gasteiger partial charge in [-0.3, -0.25) is 4.79 Å². The Morgan fingerprint density at radius 1 is 1.15 bits per heavy atom. The maximum atomic E-state index is 12.1. The Balaban J connectivity index is 1.95. The van der Waals surface area contributed by atoms with E-state index in [4.69, 9.17) is 4.74 Å². The molecule has 0 heterocycles. The highest BCUT2D eigenvalue weighted by Gasteiger charge is 2.06. The summed E-state index contributed by atoms with van der Waals surface area (Å²) in [7, 11) is 0. The number of unbranched alkanes of at least 4 members (excludes halogenated alkanes) is 1. The second kappa shape index (κ2) is 10.2. The summed E-state index contributed by atoms with van der Waals surface area (Å²) in [6.45, 7) is -0.193. The third kappa shape index (κ3) is 6.55. The van der Waals surface area contributed by atoms with Gasteiger partial charge in [-0.05, 0) is 42.3 Å². The number of amides is 1. The fourth-order valence-electron chi connectivity index (χ4n) is 2.13. The van der Waals surface area contributed by atoms with E-state index in [0.717, 1.165) is 12.8 Å². The monoisotopic (exact) mass is 361 g/mol. The van der Waals surface area contributed by atoms with Gasteiger partial charge in [0, 0.05) is 6.08 Å². The van der Waals surface area contributed by atoms with Crippen LogP contribution in [0.4, 0.5) is 14.5 Å². The molecule has 0 fully saturated rings. The van der Waals surface area contributed by atoms with Crippen LogP contribution >= 0.6 is 0 Å². The predicted octanol–water partition coefficient (Wildman–Crippen LogP) is 5.12. The van der Waals surface area contributed by atoms with Crippen molar-refractivity contribution in [2.45, 2.75) is 26.4 Å². The zero-order valence-electron chi connectivity index (χ0n) is 14.5. The Bertz CT molecular complexity index is 730. The van der Waals surface area contributed by atoms with Crippen molar-refractivity contribution >= 4 is 17.7 Å². The number of nitrogens with one attached hydrogen (secondary N) is 1. The van der Waals surface area contributed by atoms with Gasteiger partial charge < -0.3 is 14.8 Å². The summed E-state index contributed by atoms with van der Waals surface area (Å²) >= 11 is 0. The van der Waals surface area contributed by atoms with E-state index in [0.29, 0.717) is 23.6 Å². The van der Waals surface area contributed by atoms with E-state index in [9.17, 15) is 13.6 Å². The Morgan fingerprint density at radius 3 is 2.58 bits per heavy atom. The van der Waals surface area contributed by atoms with Gasteiger partial charge in [0.05, 0.1) is 12.3 Å². The predicted molar refractivity (Wildman–Crippen MR) is 97.6 cm³/mol. The zero-order chi connectivity index (χ0) is 18.8. The van der Waals surface area contributed by atoms with Gasteiger partial charge in [-0.1, -0.05) is 37.6 Å². The molecule has 0 saturated heterocycles. The van der Waals surface area contributed by atoms with Crippen molar-refractivity contribution in [3.8, 4) is 11.5 Å². The summed E-state index contributed by atoms with van der Waals surface area (Å²) in [5, 5.41) is 2.77. The Labute approximate surface area is 151 Å². The summed E-state index contributed by atoms with van der Waals surface area (Å²) in [5.41, 5.74) is 1.29. The number of ether oxygens (including phenoxy) is 2. The van der Waals surface area contributed by atoms with Gasteiger partial charge in [0.15, 0.2) is 0 Å². The molecule has 1 amide bonds. The van der Waals surface area contributed by atoms with E-state index in [2.05, 4.69) is 17.0 Å². The summed E-state index contributed by atoms with van der Waals surface area (Å²) in [4.78, 5) is 12.1.